The Labute approximate surface area is 203 Å². The predicted octanol–water partition coefficient (Wildman–Crippen LogP) is 4.22. The van der Waals surface area contributed by atoms with Crippen molar-refractivity contribution in [1.82, 2.24) is 20.4 Å². The van der Waals surface area contributed by atoms with Gasteiger partial charge in [-0.15, -0.1) is 11.3 Å². The van der Waals surface area contributed by atoms with Crippen molar-refractivity contribution in [3.05, 3.63) is 35.2 Å². The number of rotatable bonds is 10. The lowest BCUT2D eigenvalue weighted by Crippen LogP contribution is -2.48. The number of aliphatic hydroxyl groups is 1. The molecule has 2 heterocycles. The molecule has 0 bridgehead atoms. The number of anilines is 1. The van der Waals surface area contributed by atoms with Crippen LogP contribution in [0.5, 0.6) is 0 Å². The van der Waals surface area contributed by atoms with E-state index in [1.807, 2.05) is 51.1 Å². The summed E-state index contributed by atoms with van der Waals surface area (Å²) in [5.41, 5.74) is 1.35. The van der Waals surface area contributed by atoms with Gasteiger partial charge in [-0.25, -0.2) is 4.98 Å². The molecule has 0 aliphatic heterocycles. The van der Waals surface area contributed by atoms with Crippen LogP contribution in [0.15, 0.2) is 34.9 Å². The lowest BCUT2D eigenvalue weighted by molar-refractivity contribution is -0.134. The zero-order chi connectivity index (χ0) is 24.8. The molecule has 0 radical (unpaired) electrons. The normalized spacial score (nSPS) is 13.2. The molecule has 2 atom stereocenters. The van der Waals surface area contributed by atoms with Gasteiger partial charge in [0.2, 0.25) is 17.6 Å². The minimum Gasteiger partial charge on any atom is -0.383 e. The Kier molecular flexibility index (Phi) is 8.51. The van der Waals surface area contributed by atoms with Crippen molar-refractivity contribution < 1.29 is 19.2 Å². The van der Waals surface area contributed by atoms with Crippen molar-refractivity contribution in [2.75, 3.05) is 5.32 Å². The highest BCUT2D eigenvalue weighted by Gasteiger charge is 2.27. The van der Waals surface area contributed by atoms with Gasteiger partial charge in [-0.05, 0) is 18.3 Å². The maximum absolute atomic E-state index is 13.0. The molecule has 34 heavy (non-hydrogen) atoms. The van der Waals surface area contributed by atoms with E-state index >= 15 is 0 Å². The van der Waals surface area contributed by atoms with Crippen molar-refractivity contribution in [3.8, 4) is 23.0 Å². The topological polar surface area (TPSA) is 130 Å². The first-order valence-electron chi connectivity index (χ1n) is 11.4. The second kappa shape index (κ2) is 11.3. The van der Waals surface area contributed by atoms with Crippen LogP contribution in [0.3, 0.4) is 0 Å². The first kappa shape index (κ1) is 25.5. The van der Waals surface area contributed by atoms with Crippen molar-refractivity contribution in [3.63, 3.8) is 0 Å². The number of nitrogens with zero attached hydrogens (tertiary/aromatic N) is 3. The smallest absolute Gasteiger partial charge is 0.278 e. The average molecular weight is 486 g/mol. The van der Waals surface area contributed by atoms with E-state index in [1.165, 1.54) is 11.3 Å². The van der Waals surface area contributed by atoms with Crippen molar-refractivity contribution in [1.29, 1.82) is 0 Å². The number of hydrogen-bond donors (Lipinski definition) is 3. The molecule has 0 saturated heterocycles. The van der Waals surface area contributed by atoms with Gasteiger partial charge in [0.25, 0.3) is 5.89 Å². The van der Waals surface area contributed by atoms with E-state index in [1.54, 1.807) is 13.8 Å². The molecule has 10 heteroatoms. The number of thiazole rings is 1. The van der Waals surface area contributed by atoms with Gasteiger partial charge in [0.05, 0.1) is 0 Å². The summed E-state index contributed by atoms with van der Waals surface area (Å²) in [7, 11) is 0. The van der Waals surface area contributed by atoms with Crippen molar-refractivity contribution in [2.45, 2.75) is 65.5 Å². The Morgan fingerprint density at radius 3 is 2.41 bits per heavy atom. The van der Waals surface area contributed by atoms with Crippen LogP contribution in [0.4, 0.5) is 5.13 Å². The Morgan fingerprint density at radius 1 is 1.09 bits per heavy atom. The molecule has 1 aromatic carbocycles. The van der Waals surface area contributed by atoms with E-state index in [0.29, 0.717) is 29.5 Å². The maximum atomic E-state index is 13.0. The number of benzene rings is 1. The number of aromatic nitrogens is 3. The Morgan fingerprint density at radius 2 is 1.79 bits per heavy atom. The van der Waals surface area contributed by atoms with E-state index in [2.05, 4.69) is 25.8 Å². The highest BCUT2D eigenvalue weighted by molar-refractivity contribution is 7.16. The minimum atomic E-state index is -1.18. The number of amides is 2. The highest BCUT2D eigenvalue weighted by Crippen LogP contribution is 2.36. The molecular formula is C24H31N5O4S. The van der Waals surface area contributed by atoms with Crippen LogP contribution in [0.2, 0.25) is 0 Å². The lowest BCUT2D eigenvalue weighted by Gasteiger charge is -2.20. The molecule has 3 N–H and O–H groups in total. The third-order valence-corrected chi connectivity index (χ3v) is 6.45. The van der Waals surface area contributed by atoms with E-state index in [9.17, 15) is 14.7 Å². The monoisotopic (exact) mass is 485 g/mol. The molecule has 0 aliphatic carbocycles. The van der Waals surface area contributed by atoms with E-state index in [0.717, 1.165) is 10.4 Å². The average Bonchev–Trinajstić information content (AvgIpc) is 3.46. The zero-order valence-corrected chi connectivity index (χ0v) is 20.8. The summed E-state index contributed by atoms with van der Waals surface area (Å²) in [6.45, 7) is 9.44. The summed E-state index contributed by atoms with van der Waals surface area (Å²) in [4.78, 5) is 35.2. The molecule has 0 fully saturated rings. The van der Waals surface area contributed by atoms with Crippen LogP contribution in [0.1, 0.15) is 58.3 Å². The van der Waals surface area contributed by atoms with Crippen LogP contribution in [0.25, 0.3) is 23.0 Å². The van der Waals surface area contributed by atoms with E-state index in [-0.39, 0.29) is 17.7 Å². The van der Waals surface area contributed by atoms with Crippen molar-refractivity contribution >= 4 is 28.3 Å². The van der Waals surface area contributed by atoms with Gasteiger partial charge < -0.3 is 20.3 Å². The Hall–Kier alpha value is -3.11. The molecule has 9 nitrogen and oxygen atoms in total. The molecule has 0 spiro atoms. The van der Waals surface area contributed by atoms with E-state index in [4.69, 9.17) is 4.52 Å². The molecule has 182 valence electrons. The summed E-state index contributed by atoms with van der Waals surface area (Å²) in [6.07, 6.45) is -0.0646. The van der Waals surface area contributed by atoms with Gasteiger partial charge in [0.1, 0.15) is 17.8 Å². The molecule has 2 amide bonds. The maximum Gasteiger partial charge on any atom is 0.278 e. The second-order valence-electron chi connectivity index (χ2n) is 8.70. The highest BCUT2D eigenvalue weighted by atomic mass is 32.1. The Balaban J connectivity index is 1.81. The summed E-state index contributed by atoms with van der Waals surface area (Å²) < 4.78 is 5.49. The number of carbonyl (C=O) groups is 2. The van der Waals surface area contributed by atoms with Gasteiger partial charge in [-0.3, -0.25) is 9.59 Å². The first-order valence-corrected chi connectivity index (χ1v) is 12.2. The molecule has 2 aromatic heterocycles. The summed E-state index contributed by atoms with van der Waals surface area (Å²) in [5.74, 6) is -0.368. The lowest BCUT2D eigenvalue weighted by atomic mass is 10.1. The molecule has 0 unspecified atom stereocenters. The molecule has 3 rings (SSSR count). The summed E-state index contributed by atoms with van der Waals surface area (Å²) in [6, 6.07) is 8.70. The van der Waals surface area contributed by atoms with Gasteiger partial charge in [0, 0.05) is 10.4 Å². The van der Waals surface area contributed by atoms with Crippen LogP contribution < -0.4 is 10.6 Å². The molecule has 3 aromatic rings. The van der Waals surface area contributed by atoms with Gasteiger partial charge >= 0.3 is 0 Å². The van der Waals surface area contributed by atoms with Gasteiger partial charge in [0.15, 0.2) is 5.13 Å². The fraction of sp³-hybridized carbons (Fsp3) is 0.458. The number of hydrogen-bond acceptors (Lipinski definition) is 8. The second-order valence-corrected chi connectivity index (χ2v) is 9.73. The van der Waals surface area contributed by atoms with Crippen molar-refractivity contribution in [2.24, 2.45) is 5.92 Å². The molecular weight excluding hydrogens is 454 g/mol. The summed E-state index contributed by atoms with van der Waals surface area (Å²) >= 11 is 1.33. The van der Waals surface area contributed by atoms with Gasteiger partial charge in [-0.2, -0.15) is 4.98 Å². The number of aliphatic hydroxyl groups excluding tert-OH is 1. The number of carbonyl (C=O) groups excluding carboxylic acids is 2. The standard InChI is InChI=1S/C24H31N5O4S/c1-6-10-16(25-22(32)18(30)13(2)3)21(31)28-24-26-17(19(34-24)14(4)5)23-27-20(29-33-23)15-11-8-7-9-12-15/h7-9,11-14,16,18,30H,6,10H2,1-5H3,(H,25,32)(H,26,28,31)/t16-,18-/m0/s1. The fourth-order valence-electron chi connectivity index (χ4n) is 3.26. The minimum absolute atomic E-state index is 0.109. The van der Waals surface area contributed by atoms with Crippen LogP contribution in [-0.4, -0.2) is 44.2 Å². The zero-order valence-electron chi connectivity index (χ0n) is 20.0. The predicted molar refractivity (Wildman–Crippen MR) is 131 cm³/mol. The largest absolute Gasteiger partial charge is 0.383 e. The van der Waals surface area contributed by atoms with E-state index < -0.39 is 24.0 Å². The van der Waals surface area contributed by atoms with Crippen LogP contribution in [-0.2, 0) is 9.59 Å². The molecule has 0 aliphatic rings. The SMILES string of the molecule is CCC[C@H](NC(=O)[C@@H](O)C(C)C)C(=O)Nc1nc(-c2nc(-c3ccccc3)no2)c(C(C)C)s1. The molecule has 0 saturated carbocycles. The van der Waals surface area contributed by atoms with Crippen LogP contribution >= 0.6 is 11.3 Å². The summed E-state index contributed by atoms with van der Waals surface area (Å²) in [5, 5.41) is 19.9. The third-order valence-electron chi connectivity index (χ3n) is 5.18. The third kappa shape index (κ3) is 6.06. The quantitative estimate of drug-likeness (QED) is 0.392. The van der Waals surface area contributed by atoms with Gasteiger partial charge in [-0.1, -0.05) is 76.5 Å². The van der Waals surface area contributed by atoms with Crippen LogP contribution in [0, 0.1) is 5.92 Å². The number of nitrogens with one attached hydrogen (secondary N) is 2. The fourth-order valence-corrected chi connectivity index (χ4v) is 4.23. The first-order chi connectivity index (χ1) is 16.2. The Bertz CT molecular complexity index is 1110.